The van der Waals surface area contributed by atoms with Crippen molar-refractivity contribution >= 4 is 33.4 Å². The minimum atomic E-state index is 0.575. The molecule has 5 nitrogen and oxygen atoms in total. The van der Waals surface area contributed by atoms with Crippen LogP contribution >= 0.6 is 15.9 Å². The van der Waals surface area contributed by atoms with Crippen LogP contribution in [-0.2, 0) is 6.54 Å². The zero-order valence-electron chi connectivity index (χ0n) is 14.1. The lowest BCUT2D eigenvalue weighted by molar-refractivity contribution is 0.410. The number of hydrogen-bond acceptors (Lipinski definition) is 5. The lowest BCUT2D eigenvalue weighted by atomic mass is 10.2. The van der Waals surface area contributed by atoms with Crippen molar-refractivity contribution in [2.75, 3.05) is 17.7 Å². The molecule has 0 bridgehead atoms. The van der Waals surface area contributed by atoms with Gasteiger partial charge < -0.3 is 15.4 Å². The molecule has 2 aromatic carbocycles. The molecule has 3 aromatic rings. The number of ether oxygens (including phenoxy) is 1. The molecule has 0 aliphatic heterocycles. The Kier molecular flexibility index (Phi) is 5.50. The summed E-state index contributed by atoms with van der Waals surface area (Å²) in [7, 11) is 1.67. The number of rotatable bonds is 6. The van der Waals surface area contributed by atoms with Crippen molar-refractivity contribution in [3.63, 3.8) is 0 Å². The maximum atomic E-state index is 5.37. The molecule has 0 atom stereocenters. The molecular weight excluding hydrogens is 380 g/mol. The highest BCUT2D eigenvalue weighted by Crippen LogP contribution is 2.21. The minimum Gasteiger partial charge on any atom is -0.496 e. The van der Waals surface area contributed by atoms with Gasteiger partial charge in [0.2, 0.25) is 5.95 Å². The Labute approximate surface area is 155 Å². The fourth-order valence-corrected chi connectivity index (χ4v) is 2.68. The van der Waals surface area contributed by atoms with E-state index in [4.69, 9.17) is 4.74 Å². The zero-order valence-corrected chi connectivity index (χ0v) is 15.7. The summed E-state index contributed by atoms with van der Waals surface area (Å²) < 4.78 is 6.41. The van der Waals surface area contributed by atoms with E-state index in [0.717, 1.165) is 33.0 Å². The molecule has 2 N–H and O–H groups in total. The number of aromatic nitrogens is 2. The van der Waals surface area contributed by atoms with Gasteiger partial charge in [-0.3, -0.25) is 0 Å². The molecule has 0 saturated carbocycles. The van der Waals surface area contributed by atoms with Gasteiger partial charge in [-0.15, -0.1) is 0 Å². The van der Waals surface area contributed by atoms with Crippen LogP contribution in [0.1, 0.15) is 11.3 Å². The molecule has 0 saturated heterocycles. The van der Waals surface area contributed by atoms with Crippen LogP contribution in [0.25, 0.3) is 0 Å². The SMILES string of the molecule is COc1ccccc1CNc1nc(C)cc(Nc2ccc(Br)cc2)n1. The van der Waals surface area contributed by atoms with Crippen LogP contribution in [0.15, 0.2) is 59.1 Å². The smallest absolute Gasteiger partial charge is 0.225 e. The van der Waals surface area contributed by atoms with Gasteiger partial charge in [-0.2, -0.15) is 4.98 Å². The Morgan fingerprint density at radius 1 is 1.04 bits per heavy atom. The summed E-state index contributed by atoms with van der Waals surface area (Å²) in [4.78, 5) is 8.99. The maximum absolute atomic E-state index is 5.37. The first kappa shape index (κ1) is 17.2. The number of hydrogen-bond donors (Lipinski definition) is 2. The van der Waals surface area contributed by atoms with Gasteiger partial charge in [0.15, 0.2) is 0 Å². The van der Waals surface area contributed by atoms with E-state index in [-0.39, 0.29) is 0 Å². The van der Waals surface area contributed by atoms with Gasteiger partial charge in [-0.1, -0.05) is 34.1 Å². The number of methoxy groups -OCH3 is 1. The number of aryl methyl sites for hydroxylation is 1. The van der Waals surface area contributed by atoms with E-state index in [9.17, 15) is 0 Å². The molecule has 128 valence electrons. The quantitative estimate of drug-likeness (QED) is 0.617. The van der Waals surface area contributed by atoms with Crippen LogP contribution in [0.3, 0.4) is 0 Å². The van der Waals surface area contributed by atoms with E-state index in [1.807, 2.05) is 61.5 Å². The van der Waals surface area contributed by atoms with Crippen molar-refractivity contribution in [3.8, 4) is 5.75 Å². The highest BCUT2D eigenvalue weighted by Gasteiger charge is 2.05. The molecule has 3 rings (SSSR count). The second-order valence-electron chi connectivity index (χ2n) is 5.52. The topological polar surface area (TPSA) is 59.1 Å². The number of benzene rings is 2. The van der Waals surface area contributed by atoms with Crippen molar-refractivity contribution in [1.29, 1.82) is 0 Å². The predicted octanol–water partition coefficient (Wildman–Crippen LogP) is 4.91. The van der Waals surface area contributed by atoms with E-state index < -0.39 is 0 Å². The summed E-state index contributed by atoms with van der Waals surface area (Å²) in [6.07, 6.45) is 0. The van der Waals surface area contributed by atoms with Gasteiger partial charge in [-0.25, -0.2) is 4.98 Å². The molecule has 6 heteroatoms. The van der Waals surface area contributed by atoms with Crippen LogP contribution < -0.4 is 15.4 Å². The summed E-state index contributed by atoms with van der Waals surface area (Å²) >= 11 is 3.43. The molecule has 0 aliphatic carbocycles. The van der Waals surface area contributed by atoms with Crippen LogP contribution in [0, 0.1) is 6.92 Å². The summed E-state index contributed by atoms with van der Waals surface area (Å²) in [5, 5.41) is 6.56. The van der Waals surface area contributed by atoms with Crippen LogP contribution in [0.5, 0.6) is 5.75 Å². The molecule has 0 fully saturated rings. The summed E-state index contributed by atoms with van der Waals surface area (Å²) in [5.74, 6) is 2.17. The van der Waals surface area contributed by atoms with Gasteiger partial charge in [-0.05, 0) is 37.3 Å². The van der Waals surface area contributed by atoms with E-state index in [2.05, 4.69) is 36.5 Å². The van der Waals surface area contributed by atoms with Gasteiger partial charge in [0.25, 0.3) is 0 Å². The molecule has 0 amide bonds. The third-order valence-corrected chi connectivity index (χ3v) is 4.13. The van der Waals surface area contributed by atoms with E-state index in [0.29, 0.717) is 12.5 Å². The third kappa shape index (κ3) is 4.70. The highest BCUT2D eigenvalue weighted by atomic mass is 79.9. The van der Waals surface area contributed by atoms with Crippen molar-refractivity contribution in [2.45, 2.75) is 13.5 Å². The fourth-order valence-electron chi connectivity index (χ4n) is 2.42. The second kappa shape index (κ2) is 7.98. The van der Waals surface area contributed by atoms with Crippen LogP contribution in [-0.4, -0.2) is 17.1 Å². The molecule has 0 radical (unpaired) electrons. The Balaban J connectivity index is 1.74. The number of anilines is 3. The zero-order chi connectivity index (χ0) is 17.6. The van der Waals surface area contributed by atoms with Crippen molar-refractivity contribution in [2.24, 2.45) is 0 Å². The summed E-state index contributed by atoms with van der Waals surface area (Å²) in [5.41, 5.74) is 2.91. The molecule has 1 aromatic heterocycles. The molecule has 25 heavy (non-hydrogen) atoms. The number of para-hydroxylation sites is 1. The van der Waals surface area contributed by atoms with Crippen LogP contribution in [0.2, 0.25) is 0 Å². The van der Waals surface area contributed by atoms with Crippen molar-refractivity contribution < 1.29 is 4.74 Å². The molecule has 0 unspecified atom stereocenters. The maximum Gasteiger partial charge on any atom is 0.225 e. The minimum absolute atomic E-state index is 0.575. The van der Waals surface area contributed by atoms with Gasteiger partial charge in [0.1, 0.15) is 11.6 Å². The number of halogens is 1. The lowest BCUT2D eigenvalue weighted by Crippen LogP contribution is -2.07. The number of nitrogens with one attached hydrogen (secondary N) is 2. The van der Waals surface area contributed by atoms with Gasteiger partial charge >= 0.3 is 0 Å². The Hall–Kier alpha value is -2.60. The van der Waals surface area contributed by atoms with Crippen molar-refractivity contribution in [3.05, 3.63) is 70.3 Å². The Morgan fingerprint density at radius 3 is 2.56 bits per heavy atom. The number of nitrogens with zero attached hydrogens (tertiary/aromatic N) is 2. The molecule has 0 spiro atoms. The van der Waals surface area contributed by atoms with Gasteiger partial charge in [0.05, 0.1) is 7.11 Å². The summed E-state index contributed by atoms with van der Waals surface area (Å²) in [6.45, 7) is 2.54. The Morgan fingerprint density at radius 2 is 1.80 bits per heavy atom. The lowest BCUT2D eigenvalue weighted by Gasteiger charge is -2.12. The Bertz CT molecular complexity index is 852. The average Bonchev–Trinajstić information content (AvgIpc) is 2.62. The first-order valence-corrected chi connectivity index (χ1v) is 8.67. The summed E-state index contributed by atoms with van der Waals surface area (Å²) in [6, 6.07) is 17.7. The first-order chi connectivity index (χ1) is 12.1. The predicted molar refractivity (Wildman–Crippen MR) is 105 cm³/mol. The molecular formula is C19H19BrN4O. The normalized spacial score (nSPS) is 10.4. The molecule has 1 heterocycles. The average molecular weight is 399 g/mol. The van der Waals surface area contributed by atoms with E-state index >= 15 is 0 Å². The fraction of sp³-hybridized carbons (Fsp3) is 0.158. The van der Waals surface area contributed by atoms with Gasteiger partial charge in [0, 0.05) is 34.0 Å². The van der Waals surface area contributed by atoms with Crippen LogP contribution in [0.4, 0.5) is 17.5 Å². The first-order valence-electron chi connectivity index (χ1n) is 7.88. The monoisotopic (exact) mass is 398 g/mol. The van der Waals surface area contributed by atoms with E-state index in [1.54, 1.807) is 7.11 Å². The molecule has 0 aliphatic rings. The third-order valence-electron chi connectivity index (χ3n) is 3.60. The second-order valence-corrected chi connectivity index (χ2v) is 6.43. The standard InChI is InChI=1S/C19H19BrN4O/c1-13-11-18(23-16-9-7-15(20)8-10-16)24-19(22-13)21-12-14-5-3-4-6-17(14)25-2/h3-11H,12H2,1-2H3,(H2,21,22,23,24). The largest absolute Gasteiger partial charge is 0.496 e. The van der Waals surface area contributed by atoms with Crippen molar-refractivity contribution in [1.82, 2.24) is 9.97 Å². The van der Waals surface area contributed by atoms with E-state index in [1.165, 1.54) is 0 Å². The highest BCUT2D eigenvalue weighted by molar-refractivity contribution is 9.10.